The van der Waals surface area contributed by atoms with E-state index in [1.54, 1.807) is 24.3 Å². The van der Waals surface area contributed by atoms with Gasteiger partial charge >= 0.3 is 11.9 Å². The molecule has 2 aromatic carbocycles. The molecule has 0 saturated carbocycles. The number of benzene rings is 2. The van der Waals surface area contributed by atoms with Crippen molar-refractivity contribution in [3.05, 3.63) is 41.5 Å². The van der Waals surface area contributed by atoms with Crippen LogP contribution in [0.1, 0.15) is 17.5 Å². The summed E-state index contributed by atoms with van der Waals surface area (Å²) in [6.45, 7) is 0. The Morgan fingerprint density at radius 3 is 2.14 bits per heavy atom. The van der Waals surface area contributed by atoms with Gasteiger partial charge in [-0.05, 0) is 12.5 Å². The van der Waals surface area contributed by atoms with Gasteiger partial charge in [-0.2, -0.15) is 0 Å². The van der Waals surface area contributed by atoms with Gasteiger partial charge in [0, 0.05) is 34.4 Å². The summed E-state index contributed by atoms with van der Waals surface area (Å²) in [7, 11) is 0. The van der Waals surface area contributed by atoms with E-state index in [0.717, 1.165) is 12.2 Å². The van der Waals surface area contributed by atoms with Crippen molar-refractivity contribution >= 4 is 28.8 Å². The largest absolute Gasteiger partial charge is 0.507 e. The lowest BCUT2D eigenvalue weighted by molar-refractivity contribution is -0.137. The Kier molecular flexibility index (Phi) is 4.31. The molecule has 0 aromatic heterocycles. The molecule has 0 bridgehead atoms. The minimum atomic E-state index is -1.21. The van der Waals surface area contributed by atoms with Crippen molar-refractivity contribution in [1.29, 1.82) is 0 Å². The molecule has 6 nitrogen and oxygen atoms in total. The normalized spacial score (nSPS) is 11.1. The second-order valence-corrected chi connectivity index (χ2v) is 4.70. The smallest absolute Gasteiger partial charge is 0.328 e. The predicted molar refractivity (Wildman–Crippen MR) is 79.9 cm³/mol. The number of phenols is 2. The number of fused-ring (bicyclic) bond motifs is 1. The van der Waals surface area contributed by atoms with E-state index in [0.29, 0.717) is 10.8 Å². The fourth-order valence-corrected chi connectivity index (χ4v) is 2.29. The van der Waals surface area contributed by atoms with E-state index in [4.69, 9.17) is 10.2 Å². The summed E-state index contributed by atoms with van der Waals surface area (Å²) in [5.41, 5.74) is 0.316. The molecule has 0 spiro atoms. The number of aromatic hydroxyl groups is 2. The van der Waals surface area contributed by atoms with E-state index in [-0.39, 0.29) is 35.5 Å². The third kappa shape index (κ3) is 3.01. The van der Waals surface area contributed by atoms with E-state index in [1.165, 1.54) is 0 Å². The van der Waals surface area contributed by atoms with Crippen molar-refractivity contribution in [1.82, 2.24) is 0 Å². The fraction of sp³-hybridized carbons (Fsp3) is 0.125. The van der Waals surface area contributed by atoms with Gasteiger partial charge in [0.15, 0.2) is 0 Å². The number of hydrogen-bond donors (Lipinski definition) is 4. The molecule has 4 N–H and O–H groups in total. The summed E-state index contributed by atoms with van der Waals surface area (Å²) in [6, 6.07) is 6.53. The fourth-order valence-electron chi connectivity index (χ4n) is 2.29. The van der Waals surface area contributed by atoms with Gasteiger partial charge in [0.1, 0.15) is 11.5 Å². The van der Waals surface area contributed by atoms with Crippen LogP contribution in [0.3, 0.4) is 0 Å². The Balaban J connectivity index is 2.70. The molecule has 0 aliphatic heterocycles. The number of aliphatic carboxylic acids is 2. The van der Waals surface area contributed by atoms with Crippen molar-refractivity contribution in [3.8, 4) is 11.5 Å². The zero-order valence-corrected chi connectivity index (χ0v) is 11.5. The number of carbonyl (C=O) groups is 2. The van der Waals surface area contributed by atoms with Crippen molar-refractivity contribution < 1.29 is 30.0 Å². The van der Waals surface area contributed by atoms with Crippen LogP contribution in [0, 0.1) is 0 Å². The van der Waals surface area contributed by atoms with Gasteiger partial charge < -0.3 is 20.4 Å². The van der Waals surface area contributed by atoms with Gasteiger partial charge in [-0.1, -0.05) is 24.3 Å². The van der Waals surface area contributed by atoms with Gasteiger partial charge in [0.05, 0.1) is 0 Å². The van der Waals surface area contributed by atoms with Crippen LogP contribution < -0.4 is 0 Å². The summed E-state index contributed by atoms with van der Waals surface area (Å²) < 4.78 is 0. The topological polar surface area (TPSA) is 115 Å². The molecule has 0 unspecified atom stereocenters. The predicted octanol–water partition coefficient (Wildman–Crippen LogP) is 2.37. The zero-order chi connectivity index (χ0) is 16.3. The summed E-state index contributed by atoms with van der Waals surface area (Å²) in [5.74, 6) is -2.61. The minimum Gasteiger partial charge on any atom is -0.507 e. The highest BCUT2D eigenvalue weighted by molar-refractivity contribution is 5.99. The standard InChI is InChI=1S/C16H14O6/c17-13(18)7-5-11-12(6-8-14(19)20)16(22)10-4-2-1-3-9(10)15(11)21/h1-5,7,21-22H,6,8H2,(H,17,18)(H,19,20)/b7-5+. The molecular weight excluding hydrogens is 288 g/mol. The molecular formula is C16H14O6. The van der Waals surface area contributed by atoms with Crippen LogP contribution in [-0.2, 0) is 16.0 Å². The maximum Gasteiger partial charge on any atom is 0.328 e. The van der Waals surface area contributed by atoms with Crippen LogP contribution in [0.2, 0.25) is 0 Å². The molecule has 0 heterocycles. The van der Waals surface area contributed by atoms with Crippen molar-refractivity contribution in [2.24, 2.45) is 0 Å². The first-order valence-corrected chi connectivity index (χ1v) is 6.50. The molecule has 6 heteroatoms. The second kappa shape index (κ2) is 6.17. The molecule has 0 radical (unpaired) electrons. The summed E-state index contributed by atoms with van der Waals surface area (Å²) >= 11 is 0. The number of hydrogen-bond acceptors (Lipinski definition) is 4. The third-order valence-electron chi connectivity index (χ3n) is 3.28. The molecule has 22 heavy (non-hydrogen) atoms. The average Bonchev–Trinajstić information content (AvgIpc) is 2.48. The van der Waals surface area contributed by atoms with Crippen LogP contribution in [0.25, 0.3) is 16.8 Å². The van der Waals surface area contributed by atoms with Gasteiger partial charge in [-0.25, -0.2) is 4.79 Å². The highest BCUT2D eigenvalue weighted by atomic mass is 16.4. The van der Waals surface area contributed by atoms with Crippen LogP contribution >= 0.6 is 0 Å². The molecule has 0 saturated heterocycles. The number of carboxylic acids is 2. The molecule has 0 aliphatic carbocycles. The van der Waals surface area contributed by atoms with E-state index < -0.39 is 11.9 Å². The minimum absolute atomic E-state index is 0.0289. The molecule has 0 fully saturated rings. The lowest BCUT2D eigenvalue weighted by Gasteiger charge is -2.14. The monoisotopic (exact) mass is 302 g/mol. The molecule has 2 rings (SSSR count). The number of rotatable bonds is 5. The van der Waals surface area contributed by atoms with Gasteiger partial charge in [0.25, 0.3) is 0 Å². The van der Waals surface area contributed by atoms with E-state index >= 15 is 0 Å². The quantitative estimate of drug-likeness (QED) is 0.498. The average molecular weight is 302 g/mol. The Hall–Kier alpha value is -3.02. The van der Waals surface area contributed by atoms with Gasteiger partial charge in [0.2, 0.25) is 0 Å². The van der Waals surface area contributed by atoms with Crippen LogP contribution in [-0.4, -0.2) is 32.4 Å². The third-order valence-corrected chi connectivity index (χ3v) is 3.28. The Bertz CT molecular complexity index is 776. The van der Waals surface area contributed by atoms with Gasteiger partial charge in [-0.3, -0.25) is 4.79 Å². The number of carboxylic acid groups (broad SMARTS) is 2. The Morgan fingerprint density at radius 1 is 1.00 bits per heavy atom. The SMILES string of the molecule is O=C(O)/C=C/c1c(CCC(=O)O)c(O)c2ccccc2c1O. The lowest BCUT2D eigenvalue weighted by Crippen LogP contribution is -2.00. The lowest BCUT2D eigenvalue weighted by atomic mass is 9.94. The molecule has 0 amide bonds. The first-order valence-electron chi connectivity index (χ1n) is 6.50. The Morgan fingerprint density at radius 2 is 1.59 bits per heavy atom. The highest BCUT2D eigenvalue weighted by Crippen LogP contribution is 2.40. The second-order valence-electron chi connectivity index (χ2n) is 4.70. The summed E-state index contributed by atoms with van der Waals surface area (Å²) in [4.78, 5) is 21.4. The molecule has 0 aliphatic rings. The highest BCUT2D eigenvalue weighted by Gasteiger charge is 2.17. The van der Waals surface area contributed by atoms with E-state index in [2.05, 4.69) is 0 Å². The maximum absolute atomic E-state index is 10.8. The van der Waals surface area contributed by atoms with Crippen LogP contribution in [0.5, 0.6) is 11.5 Å². The Labute approximate surface area is 125 Å². The zero-order valence-electron chi connectivity index (χ0n) is 11.5. The van der Waals surface area contributed by atoms with Crippen molar-refractivity contribution in [2.45, 2.75) is 12.8 Å². The van der Waals surface area contributed by atoms with Crippen molar-refractivity contribution in [3.63, 3.8) is 0 Å². The summed E-state index contributed by atoms with van der Waals surface area (Å²) in [5, 5.41) is 39.0. The van der Waals surface area contributed by atoms with Crippen molar-refractivity contribution in [2.75, 3.05) is 0 Å². The molecule has 0 atom stereocenters. The van der Waals surface area contributed by atoms with Crippen LogP contribution in [0.4, 0.5) is 0 Å². The first kappa shape index (κ1) is 15.4. The van der Waals surface area contributed by atoms with E-state index in [1.807, 2.05) is 0 Å². The van der Waals surface area contributed by atoms with Crippen LogP contribution in [0.15, 0.2) is 30.3 Å². The molecule has 2 aromatic rings. The van der Waals surface area contributed by atoms with Gasteiger partial charge in [-0.15, -0.1) is 0 Å². The first-order chi connectivity index (χ1) is 10.4. The summed E-state index contributed by atoms with van der Waals surface area (Å²) in [6.07, 6.45) is 1.70. The molecule has 114 valence electrons. The maximum atomic E-state index is 10.8. The number of phenolic OH excluding ortho intramolecular Hbond substituents is 2. The van der Waals surface area contributed by atoms with E-state index in [9.17, 15) is 19.8 Å².